The maximum Gasteiger partial charge on any atom is 0.253 e. The smallest absolute Gasteiger partial charge is 0.253 e. The van der Waals surface area contributed by atoms with E-state index in [9.17, 15) is 14.4 Å². The number of H-pyrrole nitrogens is 1. The van der Waals surface area contributed by atoms with Gasteiger partial charge in [0.25, 0.3) is 5.91 Å². The van der Waals surface area contributed by atoms with Crippen LogP contribution in [0.2, 0.25) is 0 Å². The minimum atomic E-state index is -0.419. The summed E-state index contributed by atoms with van der Waals surface area (Å²) in [5, 5.41) is 2.57. The number of carbonyl (C=O) groups excluding carboxylic acids is 2. The fourth-order valence-electron chi connectivity index (χ4n) is 2.93. The zero-order chi connectivity index (χ0) is 17.4. The highest BCUT2D eigenvalue weighted by Crippen LogP contribution is 2.26. The fourth-order valence-corrected chi connectivity index (χ4v) is 2.93. The van der Waals surface area contributed by atoms with Crippen molar-refractivity contribution in [2.75, 3.05) is 18.0 Å². The molecule has 2 N–H and O–H groups in total. The van der Waals surface area contributed by atoms with E-state index in [1.54, 1.807) is 4.90 Å². The van der Waals surface area contributed by atoms with Crippen LogP contribution in [-0.2, 0) is 11.3 Å². The second kappa shape index (κ2) is 5.90. The van der Waals surface area contributed by atoms with E-state index in [-0.39, 0.29) is 18.0 Å². The van der Waals surface area contributed by atoms with Crippen LogP contribution in [0.1, 0.15) is 10.4 Å². The molecule has 1 aliphatic rings. The minimum absolute atomic E-state index is 0.138. The number of benzene rings is 1. The van der Waals surface area contributed by atoms with Gasteiger partial charge < -0.3 is 14.9 Å². The van der Waals surface area contributed by atoms with E-state index < -0.39 is 5.91 Å². The molecule has 2 amide bonds. The van der Waals surface area contributed by atoms with Gasteiger partial charge >= 0.3 is 0 Å². The number of fused-ring (bicyclic) bond motifs is 3. The van der Waals surface area contributed by atoms with Crippen LogP contribution in [0.15, 0.2) is 47.4 Å². The molecule has 0 bridgehead atoms. The van der Waals surface area contributed by atoms with Crippen LogP contribution >= 0.6 is 0 Å². The Morgan fingerprint density at radius 3 is 2.80 bits per heavy atom. The van der Waals surface area contributed by atoms with Crippen molar-refractivity contribution in [2.24, 2.45) is 0 Å². The molecule has 1 aromatic carbocycles. The lowest BCUT2D eigenvalue weighted by molar-refractivity contribution is -0.117. The second-order valence-corrected chi connectivity index (χ2v) is 5.72. The molecule has 8 nitrogen and oxygen atoms in total. The molecule has 0 saturated carbocycles. The number of carbonyl (C=O) groups is 2. The summed E-state index contributed by atoms with van der Waals surface area (Å²) in [5.41, 5.74) is 1.84. The number of hydrogen-bond donors (Lipinski definition) is 2. The molecule has 4 rings (SSSR count). The molecule has 3 heterocycles. The first-order chi connectivity index (χ1) is 12.1. The zero-order valence-corrected chi connectivity index (χ0v) is 13.2. The monoisotopic (exact) mass is 337 g/mol. The summed E-state index contributed by atoms with van der Waals surface area (Å²) in [6.45, 7) is 1.07. The Bertz CT molecular complexity index is 1020. The summed E-state index contributed by atoms with van der Waals surface area (Å²) in [5.74, 6) is -0.0476. The first-order valence-electron chi connectivity index (χ1n) is 7.86. The zero-order valence-electron chi connectivity index (χ0n) is 13.2. The standard InChI is InChI=1S/C17H15N5O3/c23-14-6-5-11(9-18-14)16(25)19-10-15(24)22-8-7-21-13-4-2-1-3-12(13)20-17(21)22/h1-6,9H,7-8,10H2,(H,18,23)(H,19,25). The third kappa shape index (κ3) is 2.67. The van der Waals surface area contributed by atoms with Gasteiger partial charge in [0.15, 0.2) is 0 Å². The summed E-state index contributed by atoms with van der Waals surface area (Å²) in [6.07, 6.45) is 1.32. The first kappa shape index (κ1) is 15.1. The molecule has 0 aliphatic carbocycles. The number of nitrogens with zero attached hydrogens (tertiary/aromatic N) is 3. The molecule has 126 valence electrons. The number of anilines is 1. The number of hydrogen-bond acceptors (Lipinski definition) is 4. The van der Waals surface area contributed by atoms with Crippen LogP contribution in [-0.4, -0.2) is 39.4 Å². The van der Waals surface area contributed by atoms with Crippen molar-refractivity contribution >= 4 is 28.8 Å². The number of aromatic nitrogens is 3. The number of imidazole rings is 1. The Morgan fingerprint density at radius 2 is 2.00 bits per heavy atom. The number of pyridine rings is 1. The molecule has 0 radical (unpaired) electrons. The second-order valence-electron chi connectivity index (χ2n) is 5.72. The van der Waals surface area contributed by atoms with E-state index in [1.165, 1.54) is 18.3 Å². The number of para-hydroxylation sites is 2. The van der Waals surface area contributed by atoms with Crippen LogP contribution in [0.5, 0.6) is 0 Å². The molecule has 0 fully saturated rings. The average molecular weight is 337 g/mol. The Kier molecular flexibility index (Phi) is 3.57. The van der Waals surface area contributed by atoms with Crippen LogP contribution in [0.4, 0.5) is 5.95 Å². The van der Waals surface area contributed by atoms with Gasteiger partial charge in [-0.25, -0.2) is 4.98 Å². The Labute approximate surface area is 142 Å². The molecule has 0 saturated heterocycles. The highest BCUT2D eigenvalue weighted by Gasteiger charge is 2.28. The number of nitrogens with one attached hydrogen (secondary N) is 2. The average Bonchev–Trinajstić information content (AvgIpc) is 3.19. The quantitative estimate of drug-likeness (QED) is 0.727. The van der Waals surface area contributed by atoms with E-state index >= 15 is 0 Å². The molecular formula is C17H15N5O3. The molecule has 25 heavy (non-hydrogen) atoms. The van der Waals surface area contributed by atoms with E-state index in [4.69, 9.17) is 0 Å². The summed E-state index contributed by atoms with van der Waals surface area (Å²) in [6, 6.07) is 10.4. The van der Waals surface area contributed by atoms with Gasteiger partial charge in [0.2, 0.25) is 17.4 Å². The van der Waals surface area contributed by atoms with Gasteiger partial charge in [0, 0.05) is 25.4 Å². The van der Waals surface area contributed by atoms with Gasteiger partial charge in [0.1, 0.15) is 0 Å². The normalized spacial score (nSPS) is 13.0. The maximum absolute atomic E-state index is 12.5. The Balaban J connectivity index is 1.47. The van der Waals surface area contributed by atoms with Crippen molar-refractivity contribution in [3.63, 3.8) is 0 Å². The van der Waals surface area contributed by atoms with Gasteiger partial charge in [0.05, 0.1) is 23.1 Å². The minimum Gasteiger partial charge on any atom is -0.343 e. The molecule has 1 aliphatic heterocycles. The predicted molar refractivity (Wildman–Crippen MR) is 91.5 cm³/mol. The molecule has 8 heteroatoms. The van der Waals surface area contributed by atoms with Crippen molar-refractivity contribution < 1.29 is 9.59 Å². The Hall–Kier alpha value is -3.42. The lowest BCUT2D eigenvalue weighted by atomic mass is 10.2. The van der Waals surface area contributed by atoms with Crippen LogP contribution in [0.25, 0.3) is 11.0 Å². The highest BCUT2D eigenvalue weighted by molar-refractivity contribution is 6.00. The summed E-state index contributed by atoms with van der Waals surface area (Å²) in [7, 11) is 0. The number of aromatic amines is 1. The van der Waals surface area contributed by atoms with Crippen molar-refractivity contribution in [2.45, 2.75) is 6.54 Å². The van der Waals surface area contributed by atoms with Gasteiger partial charge in [-0.1, -0.05) is 12.1 Å². The Morgan fingerprint density at radius 1 is 1.16 bits per heavy atom. The van der Waals surface area contributed by atoms with Crippen molar-refractivity contribution in [3.05, 3.63) is 58.5 Å². The van der Waals surface area contributed by atoms with Gasteiger partial charge in [-0.3, -0.25) is 19.3 Å². The van der Waals surface area contributed by atoms with Crippen LogP contribution < -0.4 is 15.8 Å². The topological polar surface area (TPSA) is 100 Å². The van der Waals surface area contributed by atoms with E-state index in [0.717, 1.165) is 11.0 Å². The highest BCUT2D eigenvalue weighted by atomic mass is 16.2. The van der Waals surface area contributed by atoms with Crippen molar-refractivity contribution in [1.29, 1.82) is 0 Å². The van der Waals surface area contributed by atoms with Gasteiger partial charge in [-0.05, 0) is 18.2 Å². The van der Waals surface area contributed by atoms with Crippen molar-refractivity contribution in [3.8, 4) is 0 Å². The fraction of sp³-hybridized carbons (Fsp3) is 0.176. The lowest BCUT2D eigenvalue weighted by Gasteiger charge is -2.14. The summed E-state index contributed by atoms with van der Waals surface area (Å²) < 4.78 is 2.00. The lowest BCUT2D eigenvalue weighted by Crippen LogP contribution is -2.39. The van der Waals surface area contributed by atoms with Crippen LogP contribution in [0.3, 0.4) is 0 Å². The molecule has 0 unspecified atom stereocenters. The molecule has 3 aromatic rings. The van der Waals surface area contributed by atoms with E-state index in [2.05, 4.69) is 15.3 Å². The van der Waals surface area contributed by atoms with Gasteiger partial charge in [-0.15, -0.1) is 0 Å². The molecule has 0 spiro atoms. The van der Waals surface area contributed by atoms with Crippen molar-refractivity contribution in [1.82, 2.24) is 19.9 Å². The van der Waals surface area contributed by atoms with E-state index in [1.807, 2.05) is 28.8 Å². The first-order valence-corrected chi connectivity index (χ1v) is 7.86. The third-order valence-corrected chi connectivity index (χ3v) is 4.17. The largest absolute Gasteiger partial charge is 0.343 e. The summed E-state index contributed by atoms with van der Waals surface area (Å²) in [4.78, 5) is 44.0. The molecule has 0 atom stereocenters. The third-order valence-electron chi connectivity index (χ3n) is 4.17. The molecular weight excluding hydrogens is 322 g/mol. The van der Waals surface area contributed by atoms with Crippen LogP contribution in [0, 0.1) is 0 Å². The SMILES string of the molecule is O=C(NCC(=O)N1CCn2c1nc1ccccc12)c1ccc(=O)[nH]c1. The van der Waals surface area contributed by atoms with E-state index in [0.29, 0.717) is 24.6 Å². The number of amides is 2. The number of rotatable bonds is 3. The molecule has 2 aromatic heterocycles. The summed E-state index contributed by atoms with van der Waals surface area (Å²) >= 11 is 0. The maximum atomic E-state index is 12.5. The predicted octanol–water partition coefficient (Wildman–Crippen LogP) is 0.501. The van der Waals surface area contributed by atoms with Gasteiger partial charge in [-0.2, -0.15) is 0 Å².